The summed E-state index contributed by atoms with van der Waals surface area (Å²) < 4.78 is 22.6. The zero-order valence-electron chi connectivity index (χ0n) is 12.2. The Morgan fingerprint density at radius 3 is 2.59 bits per heavy atom. The number of carbonyl (C=O) groups excluding carboxylic acids is 2. The molecule has 1 aromatic carbocycles. The number of nitrogens with one attached hydrogen (secondary N) is 2. The van der Waals surface area contributed by atoms with E-state index in [1.54, 1.807) is 6.08 Å². The molecule has 7 heteroatoms. The van der Waals surface area contributed by atoms with Crippen molar-refractivity contribution in [3.63, 3.8) is 0 Å². The van der Waals surface area contributed by atoms with E-state index < -0.39 is 27.6 Å². The Morgan fingerprint density at radius 1 is 1.23 bits per heavy atom. The lowest BCUT2D eigenvalue weighted by Gasteiger charge is -2.09. The van der Waals surface area contributed by atoms with Gasteiger partial charge in [0.25, 0.3) is 5.91 Å². The Bertz CT molecular complexity index is 710. The van der Waals surface area contributed by atoms with Gasteiger partial charge in [0.15, 0.2) is 9.84 Å². The van der Waals surface area contributed by atoms with Crippen molar-refractivity contribution in [1.29, 1.82) is 0 Å². The van der Waals surface area contributed by atoms with Gasteiger partial charge in [-0.25, -0.2) is 8.42 Å². The molecule has 1 aliphatic rings. The normalized spacial score (nSPS) is 20.0. The van der Waals surface area contributed by atoms with E-state index in [1.807, 2.05) is 31.2 Å². The molecule has 22 heavy (non-hydrogen) atoms. The van der Waals surface area contributed by atoms with Gasteiger partial charge >= 0.3 is 0 Å². The molecule has 0 unspecified atom stereocenters. The second kappa shape index (κ2) is 6.74. The molecule has 2 amide bonds. The van der Waals surface area contributed by atoms with E-state index in [1.165, 1.54) is 6.08 Å². The second-order valence-electron chi connectivity index (χ2n) is 5.27. The lowest BCUT2D eigenvalue weighted by atomic mass is 10.1. The summed E-state index contributed by atoms with van der Waals surface area (Å²) in [5.74, 6) is -1.68. The molecule has 118 valence electrons. The fourth-order valence-electron chi connectivity index (χ4n) is 2.21. The molecule has 0 radical (unpaired) electrons. The summed E-state index contributed by atoms with van der Waals surface area (Å²) in [6.45, 7) is 1.93. The Balaban J connectivity index is 1.83. The van der Waals surface area contributed by atoms with Gasteiger partial charge in [-0.1, -0.05) is 24.3 Å². The average molecular weight is 322 g/mol. The van der Waals surface area contributed by atoms with Crippen molar-refractivity contribution in [3.8, 4) is 0 Å². The van der Waals surface area contributed by atoms with Crippen molar-refractivity contribution in [1.82, 2.24) is 10.9 Å². The van der Waals surface area contributed by atoms with Gasteiger partial charge in [0.05, 0.1) is 17.4 Å². The fraction of sp³-hybridized carbons (Fsp3) is 0.333. The molecule has 1 fully saturated rings. The van der Waals surface area contributed by atoms with Gasteiger partial charge in [-0.3, -0.25) is 20.4 Å². The van der Waals surface area contributed by atoms with Gasteiger partial charge in [0.2, 0.25) is 5.91 Å². The molecule has 0 bridgehead atoms. The van der Waals surface area contributed by atoms with Gasteiger partial charge in [-0.15, -0.1) is 0 Å². The molecule has 1 atom stereocenters. The first-order chi connectivity index (χ1) is 10.4. The number of sulfone groups is 1. The third-order valence-corrected chi connectivity index (χ3v) is 5.28. The number of hydrazine groups is 1. The van der Waals surface area contributed by atoms with Crippen LogP contribution in [0, 0.1) is 12.8 Å². The molecule has 0 aliphatic carbocycles. The lowest BCUT2D eigenvalue weighted by Crippen LogP contribution is -2.44. The summed E-state index contributed by atoms with van der Waals surface area (Å²) in [5, 5.41) is 0. The topological polar surface area (TPSA) is 92.3 Å². The molecule has 0 saturated carbocycles. The van der Waals surface area contributed by atoms with Gasteiger partial charge < -0.3 is 0 Å². The molecular weight excluding hydrogens is 304 g/mol. The van der Waals surface area contributed by atoms with Crippen LogP contribution in [0.15, 0.2) is 30.3 Å². The molecule has 1 aliphatic heterocycles. The molecule has 1 aromatic rings. The quantitative estimate of drug-likeness (QED) is 0.629. The summed E-state index contributed by atoms with van der Waals surface area (Å²) >= 11 is 0. The summed E-state index contributed by atoms with van der Waals surface area (Å²) in [6, 6.07) is 7.58. The SMILES string of the molecule is Cc1ccccc1/C=C/C(=O)NNC(=O)[C@@H]1CCS(=O)(=O)C1. The Hall–Kier alpha value is -2.15. The number of benzene rings is 1. The minimum Gasteiger partial charge on any atom is -0.273 e. The van der Waals surface area contributed by atoms with Crippen LogP contribution in [-0.4, -0.2) is 31.7 Å². The highest BCUT2D eigenvalue weighted by molar-refractivity contribution is 7.91. The molecule has 1 heterocycles. The third-order valence-electron chi connectivity index (χ3n) is 3.51. The molecule has 0 aromatic heterocycles. The first-order valence-electron chi connectivity index (χ1n) is 6.91. The van der Waals surface area contributed by atoms with Crippen LogP contribution in [0.25, 0.3) is 6.08 Å². The number of hydrogen-bond donors (Lipinski definition) is 2. The summed E-state index contributed by atoms with van der Waals surface area (Å²) in [7, 11) is -3.12. The van der Waals surface area contributed by atoms with E-state index in [2.05, 4.69) is 10.9 Å². The number of amides is 2. The van der Waals surface area contributed by atoms with Crippen molar-refractivity contribution in [2.24, 2.45) is 5.92 Å². The first-order valence-corrected chi connectivity index (χ1v) is 8.73. The molecule has 6 nitrogen and oxygen atoms in total. The van der Waals surface area contributed by atoms with Crippen LogP contribution in [0.3, 0.4) is 0 Å². The van der Waals surface area contributed by atoms with Crippen LogP contribution in [0.5, 0.6) is 0 Å². The summed E-state index contributed by atoms with van der Waals surface area (Å²) in [4.78, 5) is 23.4. The predicted molar refractivity (Wildman–Crippen MR) is 83.3 cm³/mol. The van der Waals surface area contributed by atoms with E-state index in [9.17, 15) is 18.0 Å². The lowest BCUT2D eigenvalue weighted by molar-refractivity contribution is -0.129. The summed E-state index contributed by atoms with van der Waals surface area (Å²) in [6.07, 6.45) is 3.26. The molecule has 2 N–H and O–H groups in total. The fourth-order valence-corrected chi connectivity index (χ4v) is 3.95. The summed E-state index contributed by atoms with van der Waals surface area (Å²) in [5.41, 5.74) is 6.46. The number of rotatable bonds is 3. The zero-order valence-corrected chi connectivity index (χ0v) is 13.0. The average Bonchev–Trinajstić information content (AvgIpc) is 2.84. The maximum absolute atomic E-state index is 11.8. The van der Waals surface area contributed by atoms with Crippen LogP contribution in [0.2, 0.25) is 0 Å². The number of hydrogen-bond acceptors (Lipinski definition) is 4. The molecule has 2 rings (SSSR count). The van der Waals surface area contributed by atoms with Crippen molar-refractivity contribution in [3.05, 3.63) is 41.5 Å². The largest absolute Gasteiger partial charge is 0.273 e. The van der Waals surface area contributed by atoms with Gasteiger partial charge in [-0.2, -0.15) is 0 Å². The zero-order chi connectivity index (χ0) is 16.2. The Labute approximate surface area is 129 Å². The van der Waals surface area contributed by atoms with E-state index in [-0.39, 0.29) is 11.5 Å². The van der Waals surface area contributed by atoms with E-state index in [0.29, 0.717) is 6.42 Å². The number of carbonyl (C=O) groups is 2. The van der Waals surface area contributed by atoms with Crippen LogP contribution in [-0.2, 0) is 19.4 Å². The van der Waals surface area contributed by atoms with Crippen LogP contribution >= 0.6 is 0 Å². The smallest absolute Gasteiger partial charge is 0.262 e. The van der Waals surface area contributed by atoms with Crippen molar-refractivity contribution >= 4 is 27.7 Å². The predicted octanol–water partition coefficient (Wildman–Crippen LogP) is 0.590. The Morgan fingerprint density at radius 2 is 1.95 bits per heavy atom. The Kier molecular flexibility index (Phi) is 4.97. The van der Waals surface area contributed by atoms with Crippen LogP contribution in [0.1, 0.15) is 17.5 Å². The minimum atomic E-state index is -3.12. The van der Waals surface area contributed by atoms with Gasteiger partial charge in [0.1, 0.15) is 0 Å². The van der Waals surface area contributed by atoms with Crippen LogP contribution in [0.4, 0.5) is 0 Å². The molecular formula is C15H18N2O4S. The van der Waals surface area contributed by atoms with Crippen LogP contribution < -0.4 is 10.9 Å². The second-order valence-corrected chi connectivity index (χ2v) is 7.50. The maximum atomic E-state index is 11.8. The van der Waals surface area contributed by atoms with E-state index >= 15 is 0 Å². The first kappa shape index (κ1) is 16.2. The highest BCUT2D eigenvalue weighted by Crippen LogP contribution is 2.17. The van der Waals surface area contributed by atoms with Crippen molar-refractivity contribution in [2.45, 2.75) is 13.3 Å². The standard InChI is InChI=1S/C15H18N2O4S/c1-11-4-2-3-5-12(11)6-7-14(18)16-17-15(19)13-8-9-22(20,21)10-13/h2-7,13H,8-10H2,1H3,(H,16,18)(H,17,19)/b7-6+/t13-/m1/s1. The van der Waals surface area contributed by atoms with E-state index in [4.69, 9.17) is 0 Å². The highest BCUT2D eigenvalue weighted by Gasteiger charge is 2.32. The monoisotopic (exact) mass is 322 g/mol. The van der Waals surface area contributed by atoms with Crippen molar-refractivity contribution < 1.29 is 18.0 Å². The molecule has 0 spiro atoms. The van der Waals surface area contributed by atoms with Crippen molar-refractivity contribution in [2.75, 3.05) is 11.5 Å². The maximum Gasteiger partial charge on any atom is 0.262 e. The highest BCUT2D eigenvalue weighted by atomic mass is 32.2. The minimum absolute atomic E-state index is 0.0201. The van der Waals surface area contributed by atoms with Gasteiger partial charge in [-0.05, 0) is 30.5 Å². The third kappa shape index (κ3) is 4.42. The number of aryl methyl sites for hydroxylation is 1. The van der Waals surface area contributed by atoms with Gasteiger partial charge in [0, 0.05) is 6.08 Å². The molecule has 1 saturated heterocycles. The van der Waals surface area contributed by atoms with E-state index in [0.717, 1.165) is 11.1 Å².